The van der Waals surface area contributed by atoms with Gasteiger partial charge in [-0.05, 0) is 37.0 Å². The third-order valence-corrected chi connectivity index (χ3v) is 5.18. The Morgan fingerprint density at radius 1 is 1.32 bits per heavy atom. The van der Waals surface area contributed by atoms with Gasteiger partial charge >= 0.3 is 0 Å². The van der Waals surface area contributed by atoms with Crippen molar-refractivity contribution in [3.05, 3.63) is 29.8 Å². The molecule has 2 saturated heterocycles. The lowest BCUT2D eigenvalue weighted by Crippen LogP contribution is -2.47. The lowest BCUT2D eigenvalue weighted by atomic mass is 9.84. The second-order valence-corrected chi connectivity index (χ2v) is 6.75. The molecule has 1 aromatic rings. The van der Waals surface area contributed by atoms with Crippen molar-refractivity contribution in [2.75, 3.05) is 27.3 Å². The number of piperidine rings is 1. The number of hydrogen-bond donors (Lipinski definition) is 1. The van der Waals surface area contributed by atoms with Crippen molar-refractivity contribution in [3.63, 3.8) is 0 Å². The first-order valence-corrected chi connectivity index (χ1v) is 8.89. The molecule has 0 radical (unpaired) electrons. The van der Waals surface area contributed by atoms with E-state index < -0.39 is 0 Å². The number of benzene rings is 1. The van der Waals surface area contributed by atoms with E-state index in [1.165, 1.54) is 0 Å². The van der Waals surface area contributed by atoms with E-state index in [-0.39, 0.29) is 29.9 Å². The van der Waals surface area contributed by atoms with Crippen LogP contribution in [0.4, 0.5) is 0 Å². The van der Waals surface area contributed by atoms with E-state index in [1.807, 2.05) is 24.3 Å². The monoisotopic (exact) mass is 346 g/mol. The van der Waals surface area contributed by atoms with Crippen LogP contribution in [0, 0.1) is 5.92 Å². The number of rotatable bonds is 5. The fraction of sp³-hybridized carbons (Fsp3) is 0.579. The first kappa shape index (κ1) is 17.7. The van der Waals surface area contributed by atoms with Crippen molar-refractivity contribution in [2.24, 2.45) is 5.92 Å². The van der Waals surface area contributed by atoms with Crippen LogP contribution in [0.15, 0.2) is 24.3 Å². The summed E-state index contributed by atoms with van der Waals surface area (Å²) in [6.07, 6.45) is 3.13. The van der Waals surface area contributed by atoms with Gasteiger partial charge in [0.05, 0.1) is 25.2 Å². The maximum absolute atomic E-state index is 12.8. The fourth-order valence-electron chi connectivity index (χ4n) is 3.72. The van der Waals surface area contributed by atoms with E-state index in [0.29, 0.717) is 19.4 Å². The molecule has 1 aromatic carbocycles. The third kappa shape index (κ3) is 3.95. The van der Waals surface area contributed by atoms with Gasteiger partial charge in [-0.25, -0.2) is 0 Å². The molecule has 0 aromatic heterocycles. The molecule has 3 atom stereocenters. The molecule has 6 heteroatoms. The Hall–Kier alpha value is -2.08. The highest BCUT2D eigenvalue weighted by atomic mass is 16.5. The van der Waals surface area contributed by atoms with Gasteiger partial charge in [-0.2, -0.15) is 0 Å². The molecule has 0 saturated carbocycles. The number of amides is 2. The number of nitrogens with zero attached hydrogens (tertiary/aromatic N) is 1. The smallest absolute Gasteiger partial charge is 0.225 e. The van der Waals surface area contributed by atoms with Crippen molar-refractivity contribution in [1.82, 2.24) is 10.2 Å². The summed E-state index contributed by atoms with van der Waals surface area (Å²) in [7, 11) is 3.39. The summed E-state index contributed by atoms with van der Waals surface area (Å²) in [5, 5.41) is 3.03. The van der Waals surface area contributed by atoms with Crippen LogP contribution in [0.3, 0.4) is 0 Å². The van der Waals surface area contributed by atoms with Gasteiger partial charge < -0.3 is 19.7 Å². The predicted octanol–water partition coefficient (Wildman–Crippen LogP) is 1.90. The van der Waals surface area contributed by atoms with Gasteiger partial charge in [0.15, 0.2) is 0 Å². The van der Waals surface area contributed by atoms with E-state index in [0.717, 1.165) is 30.8 Å². The maximum atomic E-state index is 12.8. The molecule has 1 N–H and O–H groups in total. The lowest BCUT2D eigenvalue weighted by molar-refractivity contribution is -0.141. The first-order valence-electron chi connectivity index (χ1n) is 8.89. The molecule has 0 aliphatic carbocycles. The van der Waals surface area contributed by atoms with Gasteiger partial charge in [-0.15, -0.1) is 0 Å². The summed E-state index contributed by atoms with van der Waals surface area (Å²) in [6, 6.07) is 7.34. The van der Waals surface area contributed by atoms with Crippen LogP contribution in [0.25, 0.3) is 0 Å². The standard InChI is InChI=1S/C19H26N2O4/c1-21-17(22)10-9-16(19(23)20-12-15-4-3-11-25-15)18(21)13-5-7-14(24-2)8-6-13/h5-8,15-16,18H,3-4,9-12H2,1-2H3,(H,20,23)/t15-,16+,18+/m0/s1. The Balaban J connectivity index is 1.74. The minimum atomic E-state index is -0.253. The molecule has 25 heavy (non-hydrogen) atoms. The zero-order valence-electron chi connectivity index (χ0n) is 14.9. The van der Waals surface area contributed by atoms with Crippen LogP contribution in [0.2, 0.25) is 0 Å². The van der Waals surface area contributed by atoms with Crippen molar-refractivity contribution >= 4 is 11.8 Å². The second-order valence-electron chi connectivity index (χ2n) is 6.75. The number of ether oxygens (including phenoxy) is 2. The average Bonchev–Trinajstić information content (AvgIpc) is 3.15. The Morgan fingerprint density at radius 3 is 2.72 bits per heavy atom. The molecular weight excluding hydrogens is 320 g/mol. The Morgan fingerprint density at radius 2 is 2.08 bits per heavy atom. The van der Waals surface area contributed by atoms with E-state index in [9.17, 15) is 9.59 Å². The van der Waals surface area contributed by atoms with Gasteiger partial charge in [0.2, 0.25) is 11.8 Å². The minimum absolute atomic E-state index is 0.00401. The van der Waals surface area contributed by atoms with Crippen LogP contribution >= 0.6 is 0 Å². The van der Waals surface area contributed by atoms with E-state index >= 15 is 0 Å². The third-order valence-electron chi connectivity index (χ3n) is 5.18. The normalized spacial score (nSPS) is 26.6. The van der Waals surface area contributed by atoms with E-state index in [1.54, 1.807) is 19.1 Å². The van der Waals surface area contributed by atoms with Gasteiger partial charge in [0.25, 0.3) is 0 Å². The number of carbonyl (C=O) groups excluding carboxylic acids is 2. The van der Waals surface area contributed by atoms with Crippen molar-refractivity contribution in [3.8, 4) is 5.75 Å². The molecule has 136 valence electrons. The molecule has 2 heterocycles. The highest BCUT2D eigenvalue weighted by molar-refractivity contribution is 5.84. The number of carbonyl (C=O) groups is 2. The van der Waals surface area contributed by atoms with Gasteiger partial charge in [-0.1, -0.05) is 12.1 Å². The maximum Gasteiger partial charge on any atom is 0.225 e. The Kier molecular flexibility index (Phi) is 5.58. The quantitative estimate of drug-likeness (QED) is 0.884. The van der Waals surface area contributed by atoms with Crippen LogP contribution < -0.4 is 10.1 Å². The summed E-state index contributed by atoms with van der Waals surface area (Å²) < 4.78 is 10.8. The largest absolute Gasteiger partial charge is 0.497 e. The van der Waals surface area contributed by atoms with Crippen molar-refractivity contribution < 1.29 is 19.1 Å². The van der Waals surface area contributed by atoms with Crippen molar-refractivity contribution in [1.29, 1.82) is 0 Å². The minimum Gasteiger partial charge on any atom is -0.497 e. The van der Waals surface area contributed by atoms with E-state index in [4.69, 9.17) is 9.47 Å². The highest BCUT2D eigenvalue weighted by Crippen LogP contribution is 2.36. The molecule has 2 amide bonds. The predicted molar refractivity (Wildman–Crippen MR) is 93.2 cm³/mol. The SMILES string of the molecule is COc1ccc([C@@H]2[C@H](C(=O)NC[C@@H]3CCCO3)CCC(=O)N2C)cc1. The van der Waals surface area contributed by atoms with Gasteiger partial charge in [-0.3, -0.25) is 9.59 Å². The molecule has 0 bridgehead atoms. The fourth-order valence-corrected chi connectivity index (χ4v) is 3.72. The van der Waals surface area contributed by atoms with Crippen molar-refractivity contribution in [2.45, 2.75) is 37.8 Å². The van der Waals surface area contributed by atoms with Gasteiger partial charge in [0, 0.05) is 26.6 Å². The number of methoxy groups -OCH3 is 1. The van der Waals surface area contributed by atoms with Crippen LogP contribution in [-0.2, 0) is 14.3 Å². The van der Waals surface area contributed by atoms with Crippen LogP contribution in [0.1, 0.15) is 37.3 Å². The molecule has 3 rings (SSSR count). The Labute approximate surface area is 148 Å². The number of hydrogen-bond acceptors (Lipinski definition) is 4. The topological polar surface area (TPSA) is 67.9 Å². The zero-order valence-corrected chi connectivity index (χ0v) is 14.9. The average molecular weight is 346 g/mol. The van der Waals surface area contributed by atoms with Crippen LogP contribution in [-0.4, -0.2) is 50.1 Å². The summed E-state index contributed by atoms with van der Waals surface area (Å²) in [6.45, 7) is 1.32. The van der Waals surface area contributed by atoms with Crippen LogP contribution in [0.5, 0.6) is 5.75 Å². The number of nitrogens with one attached hydrogen (secondary N) is 1. The second kappa shape index (κ2) is 7.87. The van der Waals surface area contributed by atoms with E-state index in [2.05, 4.69) is 5.32 Å². The van der Waals surface area contributed by atoms with Gasteiger partial charge in [0.1, 0.15) is 5.75 Å². The molecule has 0 unspecified atom stereocenters. The molecular formula is C19H26N2O4. The number of likely N-dealkylation sites (tertiary alicyclic amines) is 1. The first-order chi connectivity index (χ1) is 12.1. The summed E-state index contributed by atoms with van der Waals surface area (Å²) in [5.74, 6) is 0.574. The molecule has 2 aliphatic rings. The molecule has 6 nitrogen and oxygen atoms in total. The molecule has 0 spiro atoms. The Bertz CT molecular complexity index is 610. The zero-order chi connectivity index (χ0) is 17.8. The highest BCUT2D eigenvalue weighted by Gasteiger charge is 2.39. The lowest BCUT2D eigenvalue weighted by Gasteiger charge is -2.38. The summed E-state index contributed by atoms with van der Waals surface area (Å²) in [4.78, 5) is 26.7. The summed E-state index contributed by atoms with van der Waals surface area (Å²) in [5.41, 5.74) is 0.952. The molecule has 2 aliphatic heterocycles. The molecule has 2 fully saturated rings. The summed E-state index contributed by atoms with van der Waals surface area (Å²) >= 11 is 0.